The second-order valence-corrected chi connectivity index (χ2v) is 0.894. The lowest BCUT2D eigenvalue weighted by molar-refractivity contribution is 4.43. The minimum Gasteiger partial charge on any atom is -0.218 e. The van der Waals surface area contributed by atoms with Crippen LogP contribution in [-0.4, -0.2) is 23.5 Å². The smallest absolute Gasteiger partial charge is 0.0903 e. The second-order valence-electron chi connectivity index (χ2n) is 0.298. The van der Waals surface area contributed by atoms with E-state index in [-0.39, 0.29) is 0 Å². The maximum absolute atomic E-state index is 6.49. The summed E-state index contributed by atoms with van der Waals surface area (Å²) in [6, 6.07) is 0. The molecule has 0 N–H and O–H groups in total. The monoisotopic (exact) mass is 67.0 g/mol. The molecule has 0 aliphatic carbocycles. The highest BCUT2D eigenvalue weighted by molar-refractivity contribution is 7.95. The van der Waals surface area contributed by atoms with Crippen molar-refractivity contribution in [1.29, 1.82) is 1.28 Å². The third-order valence-corrected chi connectivity index (χ3v) is 0.258. The fraction of sp³-hybridized carbons (Fsp3) is 0. The minimum absolute atomic E-state index is 1.18. The zero-order valence-electron chi connectivity index (χ0n) is 3.18. The molecule has 0 rings (SSSR count). The third-order valence-electron chi connectivity index (χ3n) is 0.0861. The Labute approximate surface area is 32.8 Å². The molecule has 0 aliphatic heterocycles. The van der Waals surface area contributed by atoms with E-state index >= 15 is 0 Å². The topological polar surface area (TPSA) is 0 Å². The molecule has 0 heterocycles. The van der Waals surface area contributed by atoms with Crippen LogP contribution in [0.4, 0.5) is 0 Å². The Morgan fingerprint density at radius 2 is 2.50 bits per heavy atom. The summed E-state index contributed by atoms with van der Waals surface area (Å²) in [5.41, 5.74) is 0. The molecule has 0 saturated carbocycles. The Hall–Kier alpha value is 0.625. The van der Waals surface area contributed by atoms with Crippen molar-refractivity contribution in [2.45, 2.75) is 0 Å². The molecular weight excluding hydrogens is 63.4 g/mol. The highest BCUT2D eigenvalue weighted by Gasteiger charge is 1.59. The van der Waals surface area contributed by atoms with E-state index in [1.807, 2.05) is 0 Å². The first-order chi connectivity index (χ1) is 2.27. The van der Waals surface area contributed by atoms with Gasteiger partial charge in [0, 0.05) is 9.02 Å². The van der Waals surface area contributed by atoms with Crippen molar-refractivity contribution >= 4 is 30.5 Å². The molecule has 0 aliphatic rings. The van der Waals surface area contributed by atoms with Crippen LogP contribution in [0.25, 0.3) is 0 Å². The molecule has 4 heteroatoms. The standard InChI is InChI=1S/B3HP/c1-3-4-2/h4H/i4T. The first kappa shape index (κ1) is 2.84. The van der Waals surface area contributed by atoms with Gasteiger partial charge in [0.25, 0.3) is 0 Å². The summed E-state index contributed by atoms with van der Waals surface area (Å²) in [6.45, 7) is 1.18. The molecule has 1 atom stereocenters. The summed E-state index contributed by atoms with van der Waals surface area (Å²) in [6.07, 6.45) is 0. The van der Waals surface area contributed by atoms with Gasteiger partial charge in [-0.05, 0) is 0 Å². The van der Waals surface area contributed by atoms with Gasteiger partial charge in [-0.2, -0.15) is 0 Å². The maximum atomic E-state index is 6.49. The predicted octanol–water partition coefficient (Wildman–Crippen LogP) is -0.549. The van der Waals surface area contributed by atoms with Gasteiger partial charge in [0.05, 0.1) is 14.5 Å². The average molecular weight is 66.4 g/mol. The zero-order valence-corrected chi connectivity index (χ0v) is 3.07. The quantitative estimate of drug-likeness (QED) is 0.285. The van der Waals surface area contributed by atoms with E-state index in [1.165, 1.54) is 6.89 Å². The Morgan fingerprint density at radius 3 is 2.50 bits per heavy atom. The van der Waals surface area contributed by atoms with Crippen molar-refractivity contribution in [1.82, 2.24) is 0 Å². The molecule has 15 valence electrons. The fourth-order valence-corrected chi connectivity index (χ4v) is 0. The second kappa shape index (κ2) is 3.62. The molecular formula is HB3P. The molecule has 0 aromatic heterocycles. The van der Waals surface area contributed by atoms with Gasteiger partial charge < -0.3 is 0 Å². The lowest BCUT2D eigenvalue weighted by Crippen LogP contribution is -1.70. The number of hydrogen-bond acceptors (Lipinski definition) is 0. The first-order valence-corrected chi connectivity index (χ1v) is 1.88. The summed E-state index contributed by atoms with van der Waals surface area (Å²) in [5, 5.41) is 0. The van der Waals surface area contributed by atoms with E-state index in [0.717, 1.165) is 0 Å². The normalized spacial score (nSPS) is 17.5. The Bertz CT molecular complexity index is 20.9. The van der Waals surface area contributed by atoms with Crippen molar-refractivity contribution in [3.63, 3.8) is 0 Å². The zero-order chi connectivity index (χ0) is 4.28. The van der Waals surface area contributed by atoms with Gasteiger partial charge in [0.15, 0.2) is 0 Å². The van der Waals surface area contributed by atoms with Gasteiger partial charge in [-0.25, -0.2) is 8.28 Å². The predicted molar refractivity (Wildman–Crippen MR) is 25.6 cm³/mol. The summed E-state index contributed by atoms with van der Waals surface area (Å²) in [4.78, 5) is 0. The highest BCUT2D eigenvalue weighted by atomic mass is 31.1. The first-order valence-electron chi connectivity index (χ1n) is 1.30. The van der Waals surface area contributed by atoms with Crippen molar-refractivity contribution in [3.8, 4) is 0 Å². The summed E-state index contributed by atoms with van der Waals surface area (Å²) >= 11 is 0. The molecule has 0 aromatic rings. The van der Waals surface area contributed by atoms with Crippen LogP contribution < -0.4 is 0 Å². The van der Waals surface area contributed by atoms with Crippen LogP contribution in [0.5, 0.6) is 0 Å². The molecule has 0 nitrogen and oxygen atoms in total. The number of hydrogen-bond donors (Lipinski definition) is 0. The highest BCUT2D eigenvalue weighted by Crippen LogP contribution is 1.86. The van der Waals surface area contributed by atoms with Crippen LogP contribution in [0.2, 0.25) is 0 Å². The van der Waals surface area contributed by atoms with Gasteiger partial charge in [-0.1, -0.05) is 0 Å². The average Bonchev–Trinajstić information content (AvgIpc) is 1.38. The molecule has 0 bridgehead atoms. The fourth-order valence-electron chi connectivity index (χ4n) is 0. The molecule has 5 radical (unpaired) electrons. The van der Waals surface area contributed by atoms with Gasteiger partial charge in [-0.3, -0.25) is 0 Å². The van der Waals surface area contributed by atoms with E-state index in [2.05, 4.69) is 0 Å². The van der Waals surface area contributed by atoms with Crippen molar-refractivity contribution in [3.05, 3.63) is 0 Å². The van der Waals surface area contributed by atoms with Crippen molar-refractivity contribution in [2.24, 2.45) is 0 Å². The van der Waals surface area contributed by atoms with Crippen molar-refractivity contribution < 1.29 is 0 Å². The van der Waals surface area contributed by atoms with Crippen LogP contribution in [0, 0.1) is 0 Å². The van der Waals surface area contributed by atoms with E-state index in [1.54, 1.807) is 0 Å². The lowest BCUT2D eigenvalue weighted by atomic mass is 9.79. The van der Waals surface area contributed by atoms with Crippen molar-refractivity contribution in [2.75, 3.05) is 0 Å². The molecule has 0 aromatic carbocycles. The molecule has 0 spiro atoms. The molecule has 1 unspecified atom stereocenters. The van der Waals surface area contributed by atoms with E-state index in [9.17, 15) is 0 Å². The molecule has 0 amide bonds. The van der Waals surface area contributed by atoms with Crippen LogP contribution in [0.1, 0.15) is 0 Å². The minimum atomic E-state index is -1.20. The van der Waals surface area contributed by atoms with Gasteiger partial charge in [0.1, 0.15) is 0 Å². The van der Waals surface area contributed by atoms with Crippen LogP contribution >= 0.6 is 8.28 Å². The Balaban J connectivity index is 2.54. The Kier molecular flexibility index (Phi) is 2.57. The van der Waals surface area contributed by atoms with Gasteiger partial charge >= 0.3 is 0 Å². The van der Waals surface area contributed by atoms with Crippen LogP contribution in [0.15, 0.2) is 0 Å². The van der Waals surface area contributed by atoms with Gasteiger partial charge in [-0.15, -0.1) is 0 Å². The lowest BCUT2D eigenvalue weighted by Gasteiger charge is -1.66. The Morgan fingerprint density at radius 1 is 2.25 bits per heavy atom. The summed E-state index contributed by atoms with van der Waals surface area (Å²) in [7, 11) is 8.41. The largest absolute Gasteiger partial charge is 0.218 e. The molecule has 0 saturated heterocycles. The van der Waals surface area contributed by atoms with Crippen LogP contribution in [-0.2, 0) is 0 Å². The summed E-state index contributed by atoms with van der Waals surface area (Å²) < 4.78 is 6.49. The van der Waals surface area contributed by atoms with E-state index in [0.29, 0.717) is 0 Å². The van der Waals surface area contributed by atoms with Gasteiger partial charge in [0.2, 0.25) is 0 Å². The maximum Gasteiger partial charge on any atom is 0.0903 e. The SMILES string of the molecule is [3H]P([B])[B][B]. The van der Waals surface area contributed by atoms with E-state index < -0.39 is 8.28 Å². The number of rotatable bonds is 1. The van der Waals surface area contributed by atoms with Crippen LogP contribution in [0.3, 0.4) is 0 Å². The molecule has 0 fully saturated rings. The third kappa shape index (κ3) is 2.62. The van der Waals surface area contributed by atoms with E-state index in [4.69, 9.17) is 16.6 Å². The summed E-state index contributed by atoms with van der Waals surface area (Å²) in [5.74, 6) is 0. The molecule has 4 heavy (non-hydrogen) atoms.